The van der Waals surface area contributed by atoms with Crippen molar-refractivity contribution in [2.45, 2.75) is 37.5 Å². The van der Waals surface area contributed by atoms with E-state index in [1.54, 1.807) is 17.9 Å². The Morgan fingerprint density at radius 3 is 2.76 bits per heavy atom. The lowest BCUT2D eigenvalue weighted by Crippen LogP contribution is -2.38. The third-order valence-electron chi connectivity index (χ3n) is 6.50. The Balaban J connectivity index is 1.43. The smallest absolute Gasteiger partial charge is 0.323 e. The number of rotatable bonds is 5. The number of hydrogen-bond donors (Lipinski definition) is 2. The zero-order valence-electron chi connectivity index (χ0n) is 18.8. The molecule has 2 N–H and O–H groups in total. The van der Waals surface area contributed by atoms with Gasteiger partial charge in [0.1, 0.15) is 28.5 Å². The monoisotopic (exact) mass is 481 g/mol. The summed E-state index contributed by atoms with van der Waals surface area (Å²) in [5, 5.41) is 6.10. The summed E-state index contributed by atoms with van der Waals surface area (Å²) in [6.45, 7) is 2.44. The van der Waals surface area contributed by atoms with Crippen LogP contribution in [0.15, 0.2) is 30.7 Å². The number of halogens is 1. The summed E-state index contributed by atoms with van der Waals surface area (Å²) in [5.74, 6) is 0.409. The van der Waals surface area contributed by atoms with E-state index in [1.165, 1.54) is 37.2 Å². The largest absolute Gasteiger partial charge is 0.355 e. The van der Waals surface area contributed by atoms with E-state index in [-0.39, 0.29) is 35.1 Å². The molecule has 1 aliphatic carbocycles. The van der Waals surface area contributed by atoms with Gasteiger partial charge in [-0.3, -0.25) is 10.1 Å². The van der Waals surface area contributed by atoms with Crippen molar-refractivity contribution in [1.82, 2.24) is 29.5 Å². The molecule has 3 amide bonds. The first kappa shape index (κ1) is 22.3. The van der Waals surface area contributed by atoms with Gasteiger partial charge in [0.05, 0.1) is 5.41 Å². The van der Waals surface area contributed by atoms with E-state index in [2.05, 4.69) is 30.0 Å². The third-order valence-corrected chi connectivity index (χ3v) is 7.37. The minimum atomic E-state index is -0.665. The van der Waals surface area contributed by atoms with Gasteiger partial charge in [-0.05, 0) is 54.9 Å². The standard InChI is InChI=1S/C23H24FN7O2S/c1-13-3-6-15(9-17(13)24)23(21-27-12-28-34-21)7-8-31(11-23)22(33)30-19-16(20(32)25-2)10-26-18(29-19)14-4-5-14/h3,6,9-10,12,14H,4-5,7-8,11H2,1-2H3,(H,25,32)(H,26,29,30,33)/t23-/m1/s1. The number of urea groups is 1. The molecular formula is C23H24FN7O2S. The Hall–Kier alpha value is -3.47. The molecule has 1 aliphatic heterocycles. The number of nitrogens with one attached hydrogen (secondary N) is 2. The maximum atomic E-state index is 14.5. The molecule has 2 aromatic heterocycles. The van der Waals surface area contributed by atoms with Crippen LogP contribution in [0.3, 0.4) is 0 Å². The average molecular weight is 482 g/mol. The van der Waals surface area contributed by atoms with Crippen LogP contribution in [0.5, 0.6) is 0 Å². The van der Waals surface area contributed by atoms with Crippen molar-refractivity contribution in [3.63, 3.8) is 0 Å². The molecule has 34 heavy (non-hydrogen) atoms. The van der Waals surface area contributed by atoms with Gasteiger partial charge in [-0.2, -0.15) is 4.37 Å². The second kappa shape index (κ2) is 8.71. The maximum absolute atomic E-state index is 14.5. The van der Waals surface area contributed by atoms with E-state index in [4.69, 9.17) is 0 Å². The van der Waals surface area contributed by atoms with Crippen LogP contribution in [0.1, 0.15) is 57.5 Å². The molecule has 1 aromatic carbocycles. The van der Waals surface area contributed by atoms with Gasteiger partial charge in [0.2, 0.25) is 0 Å². The summed E-state index contributed by atoms with van der Waals surface area (Å²) in [6, 6.07) is 4.77. The first-order valence-electron chi connectivity index (χ1n) is 11.1. The topological polar surface area (TPSA) is 113 Å². The summed E-state index contributed by atoms with van der Waals surface area (Å²) in [6.07, 6.45) is 5.49. The van der Waals surface area contributed by atoms with Crippen molar-refractivity contribution in [2.24, 2.45) is 0 Å². The minimum absolute atomic E-state index is 0.191. The van der Waals surface area contributed by atoms with E-state index in [0.717, 1.165) is 23.4 Å². The van der Waals surface area contributed by atoms with Crippen LogP contribution in [0.4, 0.5) is 15.0 Å². The van der Waals surface area contributed by atoms with Crippen LogP contribution in [0.25, 0.3) is 0 Å². The lowest BCUT2D eigenvalue weighted by Gasteiger charge is -2.28. The maximum Gasteiger partial charge on any atom is 0.323 e. The zero-order valence-corrected chi connectivity index (χ0v) is 19.7. The number of likely N-dealkylation sites (tertiary alicyclic amines) is 1. The zero-order chi connectivity index (χ0) is 23.9. The summed E-state index contributed by atoms with van der Waals surface area (Å²) in [7, 11) is 1.51. The molecule has 1 saturated heterocycles. The summed E-state index contributed by atoms with van der Waals surface area (Å²) in [5.41, 5.74) is 0.851. The van der Waals surface area contributed by atoms with Gasteiger partial charge in [0.15, 0.2) is 5.82 Å². The van der Waals surface area contributed by atoms with E-state index >= 15 is 0 Å². The van der Waals surface area contributed by atoms with Crippen molar-refractivity contribution in [1.29, 1.82) is 0 Å². The van der Waals surface area contributed by atoms with E-state index in [1.807, 2.05) is 6.07 Å². The molecule has 0 bridgehead atoms. The van der Waals surface area contributed by atoms with Crippen LogP contribution in [-0.4, -0.2) is 56.3 Å². The fraction of sp³-hybridized carbons (Fsp3) is 0.391. The van der Waals surface area contributed by atoms with Crippen LogP contribution in [0.2, 0.25) is 0 Å². The van der Waals surface area contributed by atoms with Gasteiger partial charge in [-0.25, -0.2) is 24.1 Å². The van der Waals surface area contributed by atoms with Gasteiger partial charge in [0.25, 0.3) is 5.91 Å². The van der Waals surface area contributed by atoms with Crippen LogP contribution < -0.4 is 10.6 Å². The molecule has 0 spiro atoms. The summed E-state index contributed by atoms with van der Waals surface area (Å²) in [4.78, 5) is 40.5. The predicted molar refractivity (Wildman–Crippen MR) is 124 cm³/mol. The molecule has 2 fully saturated rings. The first-order chi connectivity index (χ1) is 16.4. The number of aryl methyl sites for hydroxylation is 1. The number of anilines is 1. The van der Waals surface area contributed by atoms with Crippen molar-refractivity contribution < 1.29 is 14.0 Å². The Kier molecular flexibility index (Phi) is 5.72. The van der Waals surface area contributed by atoms with Crippen molar-refractivity contribution in [2.75, 3.05) is 25.5 Å². The molecule has 2 aliphatic rings. The Morgan fingerprint density at radius 2 is 2.09 bits per heavy atom. The average Bonchev–Trinajstić information content (AvgIpc) is 3.34. The number of carbonyl (C=O) groups excluding carboxylic acids is 2. The fourth-order valence-electron chi connectivity index (χ4n) is 4.30. The number of benzene rings is 1. The second-order valence-corrected chi connectivity index (χ2v) is 9.52. The van der Waals surface area contributed by atoms with Gasteiger partial charge in [0, 0.05) is 32.3 Å². The van der Waals surface area contributed by atoms with Crippen molar-refractivity contribution in [3.05, 3.63) is 64.1 Å². The van der Waals surface area contributed by atoms with Gasteiger partial charge < -0.3 is 10.2 Å². The van der Waals surface area contributed by atoms with Crippen LogP contribution in [0, 0.1) is 12.7 Å². The van der Waals surface area contributed by atoms with Crippen molar-refractivity contribution in [3.8, 4) is 0 Å². The molecule has 11 heteroatoms. The van der Waals surface area contributed by atoms with Crippen LogP contribution >= 0.6 is 11.5 Å². The highest BCUT2D eigenvalue weighted by atomic mass is 32.1. The number of hydrogen-bond acceptors (Lipinski definition) is 7. The Morgan fingerprint density at radius 1 is 1.26 bits per heavy atom. The number of amides is 3. The molecule has 9 nitrogen and oxygen atoms in total. The highest BCUT2D eigenvalue weighted by Crippen LogP contribution is 2.42. The third kappa shape index (κ3) is 4.00. The molecule has 0 unspecified atom stereocenters. The van der Waals surface area contributed by atoms with Crippen molar-refractivity contribution >= 4 is 29.3 Å². The molecule has 0 radical (unpaired) electrons. The first-order valence-corrected chi connectivity index (χ1v) is 11.9. The quantitative estimate of drug-likeness (QED) is 0.579. The van der Waals surface area contributed by atoms with E-state index < -0.39 is 5.41 Å². The summed E-state index contributed by atoms with van der Waals surface area (Å²) < 4.78 is 18.6. The van der Waals surface area contributed by atoms with Crippen LogP contribution in [-0.2, 0) is 5.41 Å². The van der Waals surface area contributed by atoms with Gasteiger partial charge >= 0.3 is 6.03 Å². The molecule has 176 valence electrons. The molecular weight excluding hydrogens is 457 g/mol. The highest BCUT2D eigenvalue weighted by molar-refractivity contribution is 7.05. The summed E-state index contributed by atoms with van der Waals surface area (Å²) >= 11 is 1.25. The normalized spacial score (nSPS) is 19.8. The SMILES string of the molecule is CNC(=O)c1cnc(C2CC2)nc1NC(=O)N1CC[C@@](c2ccc(C)c(F)c2)(c2ncns2)C1. The lowest BCUT2D eigenvalue weighted by molar-refractivity contribution is 0.0963. The molecule has 1 saturated carbocycles. The number of carbonyl (C=O) groups is 2. The Bertz CT molecular complexity index is 1250. The molecule has 5 rings (SSSR count). The highest BCUT2D eigenvalue weighted by Gasteiger charge is 2.45. The van der Waals surface area contributed by atoms with Gasteiger partial charge in [-0.1, -0.05) is 12.1 Å². The minimum Gasteiger partial charge on any atom is -0.355 e. The van der Waals surface area contributed by atoms with E-state index in [9.17, 15) is 14.0 Å². The molecule has 3 aromatic rings. The second-order valence-electron chi connectivity index (χ2n) is 8.74. The molecule has 3 heterocycles. The number of aromatic nitrogens is 4. The molecule has 1 atom stereocenters. The Labute approximate surface area is 200 Å². The predicted octanol–water partition coefficient (Wildman–Crippen LogP) is 3.24. The fourth-order valence-corrected chi connectivity index (χ4v) is 5.05. The van der Waals surface area contributed by atoms with E-state index in [0.29, 0.717) is 30.9 Å². The van der Waals surface area contributed by atoms with Gasteiger partial charge in [-0.15, -0.1) is 0 Å². The number of nitrogens with zero attached hydrogens (tertiary/aromatic N) is 5. The lowest BCUT2D eigenvalue weighted by atomic mass is 9.80.